The Morgan fingerprint density at radius 1 is 1.12 bits per heavy atom. The predicted molar refractivity (Wildman–Crippen MR) is 128 cm³/mol. The summed E-state index contributed by atoms with van der Waals surface area (Å²) in [5.74, 6) is -0.572. The second-order valence-electron chi connectivity index (χ2n) is 8.14. The third kappa shape index (κ3) is 5.88. The first kappa shape index (κ1) is 24.1. The van der Waals surface area contributed by atoms with Crippen molar-refractivity contribution in [3.05, 3.63) is 76.1 Å². The molecule has 4 rings (SSSR count). The van der Waals surface area contributed by atoms with Crippen molar-refractivity contribution in [1.29, 1.82) is 0 Å². The van der Waals surface area contributed by atoms with Crippen molar-refractivity contribution in [3.8, 4) is 0 Å². The fraction of sp³-hybridized carbons (Fsp3) is 0.320. The molecule has 1 amide bonds. The predicted octanol–water partition coefficient (Wildman–Crippen LogP) is 6.04. The van der Waals surface area contributed by atoms with Crippen LogP contribution < -0.4 is 10.9 Å². The number of thioether (sulfide) groups is 1. The molecule has 34 heavy (non-hydrogen) atoms. The molecule has 0 radical (unpaired) electrons. The fourth-order valence-electron chi connectivity index (χ4n) is 3.94. The Morgan fingerprint density at radius 2 is 1.94 bits per heavy atom. The van der Waals surface area contributed by atoms with Gasteiger partial charge in [-0.1, -0.05) is 41.6 Å². The summed E-state index contributed by atoms with van der Waals surface area (Å²) in [6.07, 6.45) is 2.89. The molecule has 2 aromatic carbocycles. The third-order valence-corrected chi connectivity index (χ3v) is 6.65. The molecule has 0 fully saturated rings. The molecule has 0 atom stereocenters. The highest BCUT2D eigenvalue weighted by atomic mass is 32.2. The van der Waals surface area contributed by atoms with Crippen LogP contribution in [-0.2, 0) is 17.5 Å². The topological polar surface area (TPSA) is 64.0 Å². The van der Waals surface area contributed by atoms with Crippen LogP contribution in [0.4, 0.5) is 18.9 Å². The molecule has 5 nitrogen and oxygen atoms in total. The molecule has 0 aliphatic heterocycles. The van der Waals surface area contributed by atoms with Crippen molar-refractivity contribution in [2.75, 3.05) is 11.1 Å². The van der Waals surface area contributed by atoms with Crippen molar-refractivity contribution in [3.63, 3.8) is 0 Å². The lowest BCUT2D eigenvalue weighted by Gasteiger charge is -2.16. The third-order valence-electron chi connectivity index (χ3n) is 5.67. The molecule has 1 aliphatic carbocycles. The highest BCUT2D eigenvalue weighted by Crippen LogP contribution is 2.31. The zero-order valence-corrected chi connectivity index (χ0v) is 19.2. The summed E-state index contributed by atoms with van der Waals surface area (Å²) in [5, 5.41) is 3.42. The van der Waals surface area contributed by atoms with Crippen LogP contribution in [0.5, 0.6) is 0 Å². The number of allylic oxidation sites excluding steroid dienone is 2. The highest BCUT2D eigenvalue weighted by molar-refractivity contribution is 7.99. The number of carbonyl (C=O) groups excluding carboxylic acids is 1. The number of amides is 1. The van der Waals surface area contributed by atoms with Gasteiger partial charge in [0.25, 0.3) is 5.56 Å². The van der Waals surface area contributed by atoms with E-state index in [1.165, 1.54) is 24.1 Å². The smallest absolute Gasteiger partial charge is 0.325 e. The Morgan fingerprint density at radius 3 is 2.71 bits per heavy atom. The first-order chi connectivity index (χ1) is 16.3. The number of hydrogen-bond acceptors (Lipinski definition) is 4. The maximum absolute atomic E-state index is 13.2. The van der Waals surface area contributed by atoms with E-state index in [1.807, 2.05) is 0 Å². The number of alkyl halides is 3. The lowest BCUT2D eigenvalue weighted by atomic mass is 9.97. The van der Waals surface area contributed by atoms with E-state index in [0.717, 1.165) is 49.6 Å². The van der Waals surface area contributed by atoms with Crippen LogP contribution >= 0.6 is 11.8 Å². The van der Waals surface area contributed by atoms with Gasteiger partial charge in [-0.2, -0.15) is 13.2 Å². The monoisotopic (exact) mass is 487 g/mol. The number of benzene rings is 2. The SMILES string of the molecule is O=C(CSc1nc2ccccc2c(=O)n1CCC1=CCCCC1)Nc1cccc(C(F)(F)F)c1. The minimum Gasteiger partial charge on any atom is -0.325 e. The number of fused-ring (bicyclic) bond motifs is 1. The Bertz CT molecular complexity index is 1280. The van der Waals surface area contributed by atoms with Gasteiger partial charge in [-0.15, -0.1) is 0 Å². The summed E-state index contributed by atoms with van der Waals surface area (Å²) >= 11 is 1.10. The Labute approximate surface area is 199 Å². The van der Waals surface area contributed by atoms with Gasteiger partial charge in [0, 0.05) is 12.2 Å². The first-order valence-electron chi connectivity index (χ1n) is 11.1. The highest BCUT2D eigenvalue weighted by Gasteiger charge is 2.30. The molecule has 3 aromatic rings. The number of halogens is 3. The average Bonchev–Trinajstić information content (AvgIpc) is 2.82. The van der Waals surface area contributed by atoms with Crippen molar-refractivity contribution in [2.24, 2.45) is 0 Å². The zero-order valence-electron chi connectivity index (χ0n) is 18.4. The summed E-state index contributed by atoms with van der Waals surface area (Å²) in [5.41, 5.74) is 0.933. The van der Waals surface area contributed by atoms with Crippen molar-refractivity contribution in [2.45, 2.75) is 50.0 Å². The van der Waals surface area contributed by atoms with Gasteiger partial charge in [0.15, 0.2) is 5.16 Å². The zero-order chi connectivity index (χ0) is 24.1. The lowest BCUT2D eigenvalue weighted by molar-refractivity contribution is -0.137. The van der Waals surface area contributed by atoms with E-state index in [9.17, 15) is 22.8 Å². The molecule has 1 N–H and O–H groups in total. The van der Waals surface area contributed by atoms with E-state index in [2.05, 4.69) is 16.4 Å². The summed E-state index contributed by atoms with van der Waals surface area (Å²) < 4.78 is 40.4. The maximum atomic E-state index is 13.2. The van der Waals surface area contributed by atoms with Crippen LogP contribution in [0, 0.1) is 0 Å². The van der Waals surface area contributed by atoms with E-state index in [0.29, 0.717) is 22.6 Å². The number of aromatic nitrogens is 2. The lowest BCUT2D eigenvalue weighted by Crippen LogP contribution is -2.24. The molecule has 1 heterocycles. The number of para-hydroxylation sites is 1. The minimum absolute atomic E-state index is 0.0634. The molecule has 0 bridgehead atoms. The largest absolute Gasteiger partial charge is 0.416 e. The quantitative estimate of drug-likeness (QED) is 0.251. The first-order valence-corrected chi connectivity index (χ1v) is 12.1. The number of carbonyl (C=O) groups is 1. The van der Waals surface area contributed by atoms with Gasteiger partial charge in [-0.25, -0.2) is 4.98 Å². The normalized spacial score (nSPS) is 14.1. The van der Waals surface area contributed by atoms with E-state index in [1.54, 1.807) is 28.8 Å². The fourth-order valence-corrected chi connectivity index (χ4v) is 4.77. The van der Waals surface area contributed by atoms with Crippen molar-refractivity contribution >= 4 is 34.3 Å². The molecular weight excluding hydrogens is 463 g/mol. The summed E-state index contributed by atoms with van der Waals surface area (Å²) in [6.45, 7) is 0.458. The molecule has 0 unspecified atom stereocenters. The molecule has 0 saturated carbocycles. The molecule has 0 spiro atoms. The van der Waals surface area contributed by atoms with Crippen LogP contribution in [0.3, 0.4) is 0 Å². The van der Waals surface area contributed by atoms with Crippen LogP contribution in [0.2, 0.25) is 0 Å². The number of rotatable bonds is 7. The maximum Gasteiger partial charge on any atom is 0.416 e. The van der Waals surface area contributed by atoms with Crippen molar-refractivity contribution < 1.29 is 18.0 Å². The number of hydrogen-bond donors (Lipinski definition) is 1. The minimum atomic E-state index is -4.49. The van der Waals surface area contributed by atoms with Gasteiger partial charge < -0.3 is 5.32 Å². The Hall–Kier alpha value is -3.07. The van der Waals surface area contributed by atoms with Gasteiger partial charge in [-0.3, -0.25) is 14.2 Å². The number of nitrogens with zero attached hydrogens (tertiary/aromatic N) is 2. The van der Waals surface area contributed by atoms with Crippen molar-refractivity contribution in [1.82, 2.24) is 9.55 Å². The van der Waals surface area contributed by atoms with Gasteiger partial charge in [0.05, 0.1) is 22.2 Å². The Kier molecular flexibility index (Phi) is 7.41. The van der Waals surface area contributed by atoms with E-state index < -0.39 is 17.6 Å². The van der Waals surface area contributed by atoms with Crippen LogP contribution in [0.25, 0.3) is 10.9 Å². The van der Waals surface area contributed by atoms with E-state index in [4.69, 9.17) is 0 Å². The summed E-state index contributed by atoms with van der Waals surface area (Å²) in [7, 11) is 0. The molecule has 0 saturated heterocycles. The second kappa shape index (κ2) is 10.5. The van der Waals surface area contributed by atoms with E-state index >= 15 is 0 Å². The Balaban J connectivity index is 1.51. The number of anilines is 1. The average molecular weight is 488 g/mol. The summed E-state index contributed by atoms with van der Waals surface area (Å²) in [6, 6.07) is 11.5. The number of nitrogens with one attached hydrogen (secondary N) is 1. The molecule has 9 heteroatoms. The second-order valence-corrected chi connectivity index (χ2v) is 9.08. The van der Waals surface area contributed by atoms with Gasteiger partial charge in [-0.05, 0) is 62.4 Å². The molecule has 1 aliphatic rings. The van der Waals surface area contributed by atoms with Gasteiger partial charge >= 0.3 is 6.18 Å². The van der Waals surface area contributed by atoms with Gasteiger partial charge in [0.2, 0.25) is 5.91 Å². The standard InChI is InChI=1S/C25H24F3N3O2S/c26-25(27,28)18-9-6-10-19(15-18)29-22(32)16-34-24-30-21-12-5-4-11-20(21)23(33)31(24)14-13-17-7-2-1-3-8-17/h4-7,9-12,15H,1-3,8,13-14,16H2,(H,29,32). The van der Waals surface area contributed by atoms with Gasteiger partial charge in [0.1, 0.15) is 0 Å². The molecular formula is C25H24F3N3O2S. The van der Waals surface area contributed by atoms with Crippen LogP contribution in [0.15, 0.2) is 70.1 Å². The van der Waals surface area contributed by atoms with Crippen LogP contribution in [-0.4, -0.2) is 21.2 Å². The van der Waals surface area contributed by atoms with E-state index in [-0.39, 0.29) is 17.0 Å². The molecule has 178 valence electrons. The molecule has 1 aromatic heterocycles. The van der Waals surface area contributed by atoms with Crippen LogP contribution in [0.1, 0.15) is 37.7 Å². The summed E-state index contributed by atoms with van der Waals surface area (Å²) in [4.78, 5) is 30.2.